The Labute approximate surface area is 101 Å². The van der Waals surface area contributed by atoms with Crippen LogP contribution in [0.3, 0.4) is 0 Å². The Bertz CT molecular complexity index is 462. The van der Waals surface area contributed by atoms with Crippen LogP contribution in [0.15, 0.2) is 24.3 Å². The third-order valence-electron chi connectivity index (χ3n) is 2.34. The van der Waals surface area contributed by atoms with Gasteiger partial charge >= 0.3 is 0 Å². The first kappa shape index (κ1) is 13.9. The monoisotopic (exact) mass is 261 g/mol. The van der Waals surface area contributed by atoms with Crippen molar-refractivity contribution < 1.29 is 17.9 Å². The summed E-state index contributed by atoms with van der Waals surface area (Å²) in [4.78, 5) is 0. The zero-order chi connectivity index (χ0) is 12.9. The maximum Gasteiger partial charge on any atom is 0.234 e. The first-order chi connectivity index (χ1) is 8.03. The van der Waals surface area contributed by atoms with Crippen LogP contribution in [-0.4, -0.2) is 32.4 Å². The van der Waals surface area contributed by atoms with Gasteiger partial charge in [0.1, 0.15) is 5.82 Å². The van der Waals surface area contributed by atoms with E-state index in [9.17, 15) is 12.8 Å². The van der Waals surface area contributed by atoms with Crippen LogP contribution in [0.5, 0.6) is 0 Å². The number of anilines is 1. The molecule has 0 aliphatic rings. The maximum absolute atomic E-state index is 13.6. The maximum atomic E-state index is 13.6. The molecular formula is C11H16FNO3S. The Kier molecular flexibility index (Phi) is 4.89. The molecule has 0 atom stereocenters. The lowest BCUT2D eigenvalue weighted by atomic mass is 10.3. The van der Waals surface area contributed by atoms with Crippen molar-refractivity contribution >= 4 is 15.7 Å². The quantitative estimate of drug-likeness (QED) is 0.841. The predicted molar refractivity (Wildman–Crippen MR) is 64.9 cm³/mol. The zero-order valence-corrected chi connectivity index (χ0v) is 10.5. The molecule has 0 aliphatic heterocycles. The summed E-state index contributed by atoms with van der Waals surface area (Å²) < 4.78 is 38.2. The number of aliphatic hydroxyl groups excluding tert-OH is 1. The second-order valence-electron chi connectivity index (χ2n) is 3.50. The van der Waals surface area contributed by atoms with Gasteiger partial charge in [-0.05, 0) is 25.5 Å². The van der Waals surface area contributed by atoms with Crippen molar-refractivity contribution in [3.8, 4) is 0 Å². The molecule has 0 bridgehead atoms. The second kappa shape index (κ2) is 5.97. The van der Waals surface area contributed by atoms with Gasteiger partial charge in [0.25, 0.3) is 0 Å². The van der Waals surface area contributed by atoms with Gasteiger partial charge in [-0.3, -0.25) is 4.31 Å². The summed E-state index contributed by atoms with van der Waals surface area (Å²) in [5.41, 5.74) is 0.0304. The Morgan fingerprint density at radius 2 is 2.00 bits per heavy atom. The summed E-state index contributed by atoms with van der Waals surface area (Å²) in [5, 5.41) is 8.75. The molecule has 1 N–H and O–H groups in total. The topological polar surface area (TPSA) is 57.6 Å². The van der Waals surface area contributed by atoms with Gasteiger partial charge in [0, 0.05) is 13.2 Å². The average molecular weight is 261 g/mol. The molecule has 96 valence electrons. The van der Waals surface area contributed by atoms with Crippen molar-refractivity contribution in [3.63, 3.8) is 0 Å². The van der Waals surface area contributed by atoms with E-state index in [4.69, 9.17) is 5.11 Å². The Balaban J connectivity index is 3.11. The van der Waals surface area contributed by atoms with Crippen LogP contribution in [0.4, 0.5) is 10.1 Å². The van der Waals surface area contributed by atoms with Gasteiger partial charge < -0.3 is 5.11 Å². The summed E-state index contributed by atoms with van der Waals surface area (Å²) in [5.74, 6) is -0.685. The van der Waals surface area contributed by atoms with Gasteiger partial charge in [0.05, 0.1) is 11.4 Å². The van der Waals surface area contributed by atoms with Crippen molar-refractivity contribution in [2.45, 2.75) is 13.3 Å². The molecule has 0 radical (unpaired) electrons. The van der Waals surface area contributed by atoms with E-state index in [0.717, 1.165) is 4.31 Å². The molecule has 0 unspecified atom stereocenters. The summed E-state index contributed by atoms with van der Waals surface area (Å²) in [7, 11) is -3.53. The van der Waals surface area contributed by atoms with Crippen LogP contribution in [0.1, 0.15) is 13.3 Å². The average Bonchev–Trinajstić information content (AvgIpc) is 2.31. The molecule has 0 amide bonds. The van der Waals surface area contributed by atoms with Crippen LogP contribution < -0.4 is 4.31 Å². The molecule has 0 spiro atoms. The number of nitrogens with zero attached hydrogens (tertiary/aromatic N) is 1. The second-order valence-corrected chi connectivity index (χ2v) is 5.68. The van der Waals surface area contributed by atoms with E-state index in [1.54, 1.807) is 6.07 Å². The molecule has 1 rings (SSSR count). The molecule has 0 aliphatic carbocycles. The number of sulfonamides is 1. The standard InChI is InChI=1S/C11H16FNO3S/c1-2-17(15,16)13(8-5-9-14)11-7-4-3-6-10(11)12/h3-4,6-7,14H,2,5,8-9H2,1H3. The molecule has 17 heavy (non-hydrogen) atoms. The number of hydrogen-bond donors (Lipinski definition) is 1. The van der Waals surface area contributed by atoms with Gasteiger partial charge in [0.15, 0.2) is 0 Å². The minimum absolute atomic E-state index is 0.0304. The van der Waals surface area contributed by atoms with Crippen molar-refractivity contribution in [2.75, 3.05) is 23.2 Å². The Morgan fingerprint density at radius 1 is 1.35 bits per heavy atom. The molecule has 0 saturated heterocycles. The fourth-order valence-electron chi connectivity index (χ4n) is 1.43. The molecule has 0 aromatic heterocycles. The smallest absolute Gasteiger partial charge is 0.234 e. The third-order valence-corrected chi connectivity index (χ3v) is 4.12. The number of halogens is 1. The largest absolute Gasteiger partial charge is 0.396 e. The normalized spacial score (nSPS) is 11.5. The molecule has 0 fully saturated rings. The van der Waals surface area contributed by atoms with Crippen molar-refractivity contribution in [1.29, 1.82) is 0 Å². The number of hydrogen-bond acceptors (Lipinski definition) is 3. The van der Waals surface area contributed by atoms with Crippen LogP contribution in [0.2, 0.25) is 0 Å². The highest BCUT2D eigenvalue weighted by molar-refractivity contribution is 7.92. The highest BCUT2D eigenvalue weighted by Crippen LogP contribution is 2.22. The lowest BCUT2D eigenvalue weighted by Crippen LogP contribution is -2.34. The molecule has 6 heteroatoms. The fraction of sp³-hybridized carbons (Fsp3) is 0.455. The van der Waals surface area contributed by atoms with Crippen LogP contribution in [-0.2, 0) is 10.0 Å². The van der Waals surface area contributed by atoms with Gasteiger partial charge in [-0.15, -0.1) is 0 Å². The van der Waals surface area contributed by atoms with Crippen molar-refractivity contribution in [1.82, 2.24) is 0 Å². The highest BCUT2D eigenvalue weighted by atomic mass is 32.2. The number of para-hydroxylation sites is 1. The summed E-state index contributed by atoms with van der Waals surface area (Å²) in [6.07, 6.45) is 0.271. The first-order valence-corrected chi connectivity index (χ1v) is 6.99. The van der Waals surface area contributed by atoms with E-state index >= 15 is 0 Å². The van der Waals surface area contributed by atoms with E-state index < -0.39 is 15.8 Å². The fourth-order valence-corrected chi connectivity index (χ4v) is 2.60. The number of benzene rings is 1. The molecule has 0 saturated carbocycles. The van der Waals surface area contributed by atoms with Crippen molar-refractivity contribution in [3.05, 3.63) is 30.1 Å². The Hall–Kier alpha value is -1.14. The predicted octanol–water partition coefficient (Wildman–Crippen LogP) is 1.36. The van der Waals surface area contributed by atoms with Gasteiger partial charge in [0.2, 0.25) is 10.0 Å². The Morgan fingerprint density at radius 3 is 2.53 bits per heavy atom. The van der Waals surface area contributed by atoms with Crippen LogP contribution in [0, 0.1) is 5.82 Å². The summed E-state index contributed by atoms with van der Waals surface area (Å²) >= 11 is 0. The minimum Gasteiger partial charge on any atom is -0.396 e. The van der Waals surface area contributed by atoms with E-state index in [2.05, 4.69) is 0 Å². The lowest BCUT2D eigenvalue weighted by Gasteiger charge is -2.23. The first-order valence-electron chi connectivity index (χ1n) is 5.38. The highest BCUT2D eigenvalue weighted by Gasteiger charge is 2.22. The zero-order valence-electron chi connectivity index (χ0n) is 9.63. The molecular weight excluding hydrogens is 245 g/mol. The SMILES string of the molecule is CCS(=O)(=O)N(CCCO)c1ccccc1F. The van der Waals surface area contributed by atoms with Crippen LogP contribution >= 0.6 is 0 Å². The van der Waals surface area contributed by atoms with E-state index in [0.29, 0.717) is 0 Å². The van der Waals surface area contributed by atoms with Crippen LogP contribution in [0.25, 0.3) is 0 Å². The number of aliphatic hydroxyl groups is 1. The van der Waals surface area contributed by atoms with Crippen molar-refractivity contribution in [2.24, 2.45) is 0 Å². The molecule has 1 aromatic carbocycles. The molecule has 4 nitrogen and oxygen atoms in total. The molecule has 0 heterocycles. The van der Waals surface area contributed by atoms with E-state index in [1.165, 1.54) is 25.1 Å². The summed E-state index contributed by atoms with van der Waals surface area (Å²) in [6, 6.07) is 5.71. The number of rotatable bonds is 6. The van der Waals surface area contributed by atoms with E-state index in [1.807, 2.05) is 0 Å². The molecule has 1 aromatic rings. The third kappa shape index (κ3) is 3.41. The minimum atomic E-state index is -3.53. The summed E-state index contributed by atoms with van der Waals surface area (Å²) in [6.45, 7) is 1.44. The van der Waals surface area contributed by atoms with Gasteiger partial charge in [-0.2, -0.15) is 0 Å². The lowest BCUT2D eigenvalue weighted by molar-refractivity contribution is 0.291. The van der Waals surface area contributed by atoms with Gasteiger partial charge in [-0.1, -0.05) is 12.1 Å². The van der Waals surface area contributed by atoms with E-state index in [-0.39, 0.29) is 31.0 Å². The van der Waals surface area contributed by atoms with Gasteiger partial charge in [-0.25, -0.2) is 12.8 Å².